The molecule has 0 amide bonds. The van der Waals surface area contributed by atoms with Crippen molar-refractivity contribution in [2.75, 3.05) is 14.2 Å². The van der Waals surface area contributed by atoms with E-state index in [4.69, 9.17) is 45.6 Å². The zero-order valence-corrected chi connectivity index (χ0v) is 16.5. The van der Waals surface area contributed by atoms with Crippen LogP contribution in [0.1, 0.15) is 13.8 Å². The maximum Gasteiger partial charge on any atom is 0.387 e. The second-order valence-corrected chi connectivity index (χ2v) is 7.31. The van der Waals surface area contributed by atoms with Gasteiger partial charge in [0.15, 0.2) is 0 Å². The molecule has 0 aliphatic rings. The second-order valence-electron chi connectivity index (χ2n) is 5.47. The summed E-state index contributed by atoms with van der Waals surface area (Å²) in [5, 5.41) is 2.10. The third-order valence-electron chi connectivity index (χ3n) is 3.44. The van der Waals surface area contributed by atoms with E-state index in [0.29, 0.717) is 43.5 Å². The highest BCUT2D eigenvalue weighted by atomic mass is 35.5. The summed E-state index contributed by atoms with van der Waals surface area (Å²) in [6.07, 6.45) is -0.0699. The molecule has 1 heterocycles. The molecule has 3 aromatic rings. The maximum absolute atomic E-state index is 6.32. The molecule has 3 rings (SSSR count). The summed E-state index contributed by atoms with van der Waals surface area (Å²) >= 11 is 12.6. The Bertz CT molecular complexity index is 896. The van der Waals surface area contributed by atoms with E-state index in [1.165, 1.54) is 14.2 Å². The van der Waals surface area contributed by atoms with Crippen LogP contribution in [-0.4, -0.2) is 20.3 Å². The van der Waals surface area contributed by atoms with Gasteiger partial charge in [0.05, 0.1) is 41.1 Å². The molecule has 0 spiro atoms. The molecule has 0 aliphatic carbocycles. The minimum absolute atomic E-state index is 0.0699. The molecule has 0 fully saturated rings. The van der Waals surface area contributed by atoms with Gasteiger partial charge in [0.1, 0.15) is 22.7 Å². The van der Waals surface area contributed by atoms with E-state index in [-0.39, 0.29) is 6.10 Å². The van der Waals surface area contributed by atoms with Crippen molar-refractivity contribution in [3.63, 3.8) is 0 Å². The van der Waals surface area contributed by atoms with Gasteiger partial charge in [-0.25, -0.2) is 0 Å². The largest absolute Gasteiger partial charge is 0.494 e. The predicted octanol–water partition coefficient (Wildman–Crippen LogP) is 6.45. The summed E-state index contributed by atoms with van der Waals surface area (Å²) in [5.41, 5.74) is 1.04. The smallest absolute Gasteiger partial charge is 0.387 e. The Morgan fingerprint density at radius 1 is 0.840 bits per heavy atom. The number of methoxy groups -OCH3 is 2. The van der Waals surface area contributed by atoms with Gasteiger partial charge in [-0.3, -0.25) is 4.52 Å². The zero-order valence-electron chi connectivity index (χ0n) is 14.1. The van der Waals surface area contributed by atoms with E-state index in [0.717, 1.165) is 0 Å². The van der Waals surface area contributed by atoms with Crippen LogP contribution in [-0.2, 0) is 0 Å². The molecule has 0 radical (unpaired) electrons. The summed E-state index contributed by atoms with van der Waals surface area (Å²) in [6.45, 7) is 3.82. The first-order valence-electron chi connectivity index (χ1n) is 7.52. The quantitative estimate of drug-likeness (QED) is 0.501. The first-order chi connectivity index (χ1) is 12.0. The highest BCUT2D eigenvalue weighted by Crippen LogP contribution is 2.46. The molecule has 0 bridgehead atoms. The zero-order chi connectivity index (χ0) is 18.1. The van der Waals surface area contributed by atoms with E-state index < -0.39 is 8.24 Å². The van der Waals surface area contributed by atoms with Crippen molar-refractivity contribution in [1.29, 1.82) is 0 Å². The lowest BCUT2D eigenvalue weighted by molar-refractivity contribution is 0.300. The Morgan fingerprint density at radius 2 is 1.28 bits per heavy atom. The third-order valence-corrected chi connectivity index (χ3v) is 5.32. The Balaban J connectivity index is 2.60. The lowest BCUT2D eigenvalue weighted by Crippen LogP contribution is -2.02. The molecule has 8 heteroatoms. The van der Waals surface area contributed by atoms with Crippen LogP contribution in [0.2, 0.25) is 10.0 Å². The Morgan fingerprint density at radius 3 is 1.64 bits per heavy atom. The number of halogens is 2. The Hall–Kier alpha value is -1.52. The van der Waals surface area contributed by atoms with Crippen molar-refractivity contribution < 1.29 is 22.4 Å². The number of ether oxygens (including phenoxy) is 2. The van der Waals surface area contributed by atoms with Gasteiger partial charge in [0.25, 0.3) is 0 Å². The summed E-state index contributed by atoms with van der Waals surface area (Å²) in [5.74, 6) is 0.900. The van der Waals surface area contributed by atoms with Crippen molar-refractivity contribution in [1.82, 2.24) is 0 Å². The molecule has 0 atom stereocenters. The first-order valence-corrected chi connectivity index (χ1v) is 9.37. The molecular formula is C17H17Cl2O5P. The van der Waals surface area contributed by atoms with Gasteiger partial charge in [0.2, 0.25) is 0 Å². The maximum atomic E-state index is 6.32. The third kappa shape index (κ3) is 3.42. The molecule has 2 aromatic carbocycles. The van der Waals surface area contributed by atoms with Crippen LogP contribution in [0.3, 0.4) is 0 Å². The van der Waals surface area contributed by atoms with Crippen LogP contribution in [0.15, 0.2) is 32.7 Å². The second kappa shape index (κ2) is 7.38. The lowest BCUT2D eigenvalue weighted by Gasteiger charge is -2.09. The SMILES string of the molecule is COc1c(Cl)ccc2op(OC(C)C)oc3ccc(Cl)c(OC)c3c12. The first kappa shape index (κ1) is 18.3. The molecule has 0 saturated heterocycles. The fourth-order valence-electron chi connectivity index (χ4n) is 2.50. The van der Waals surface area contributed by atoms with Crippen LogP contribution >= 0.6 is 31.4 Å². The molecule has 0 N–H and O–H groups in total. The number of fused-ring (bicyclic) bond motifs is 3. The van der Waals surface area contributed by atoms with Crippen molar-refractivity contribution in [3.05, 3.63) is 34.3 Å². The highest BCUT2D eigenvalue weighted by Gasteiger charge is 2.19. The fraction of sp³-hybridized carbons (Fsp3) is 0.294. The van der Waals surface area contributed by atoms with Crippen LogP contribution in [0.5, 0.6) is 11.5 Å². The van der Waals surface area contributed by atoms with Gasteiger partial charge in [-0.1, -0.05) is 23.2 Å². The molecule has 25 heavy (non-hydrogen) atoms. The molecule has 1 aromatic heterocycles. The van der Waals surface area contributed by atoms with Gasteiger partial charge in [-0.2, -0.15) is 0 Å². The summed E-state index contributed by atoms with van der Waals surface area (Å²) in [4.78, 5) is 0. The average molecular weight is 403 g/mol. The minimum atomic E-state index is -1.66. The van der Waals surface area contributed by atoms with Gasteiger partial charge in [0, 0.05) is 0 Å². The van der Waals surface area contributed by atoms with Crippen molar-refractivity contribution >= 4 is 53.4 Å². The Kier molecular flexibility index (Phi) is 5.40. The van der Waals surface area contributed by atoms with E-state index >= 15 is 0 Å². The number of hydrogen-bond donors (Lipinski definition) is 0. The van der Waals surface area contributed by atoms with Crippen molar-refractivity contribution in [3.8, 4) is 11.5 Å². The van der Waals surface area contributed by atoms with E-state index in [1.807, 2.05) is 13.8 Å². The van der Waals surface area contributed by atoms with Crippen LogP contribution in [0.25, 0.3) is 21.9 Å². The normalized spacial score (nSPS) is 11.3. The fourth-order valence-corrected chi connectivity index (χ4v) is 4.06. The lowest BCUT2D eigenvalue weighted by atomic mass is 10.1. The average Bonchev–Trinajstić information content (AvgIpc) is 2.71. The number of hydrogen-bond acceptors (Lipinski definition) is 5. The summed E-state index contributed by atoms with van der Waals surface area (Å²) < 4.78 is 28.7. The van der Waals surface area contributed by atoms with Crippen LogP contribution < -0.4 is 14.0 Å². The van der Waals surface area contributed by atoms with Gasteiger partial charge >= 0.3 is 8.24 Å². The number of benzene rings is 2. The molecule has 134 valence electrons. The van der Waals surface area contributed by atoms with E-state index in [1.54, 1.807) is 24.3 Å². The monoisotopic (exact) mass is 402 g/mol. The standard InChI is InChI=1S/C17H17Cl2O5P/c1-9(2)22-25-23-12-7-5-10(18)16(20-3)14(12)15-13(24-25)8-6-11(19)17(15)21-4/h5-9H,1-4H3. The highest BCUT2D eigenvalue weighted by molar-refractivity contribution is 7.31. The topological polar surface area (TPSA) is 54.0 Å². The van der Waals surface area contributed by atoms with E-state index in [9.17, 15) is 0 Å². The molecule has 5 nitrogen and oxygen atoms in total. The summed E-state index contributed by atoms with van der Waals surface area (Å²) in [7, 11) is 1.42. The minimum Gasteiger partial charge on any atom is -0.494 e. The predicted molar refractivity (Wildman–Crippen MR) is 101 cm³/mol. The van der Waals surface area contributed by atoms with E-state index in [2.05, 4.69) is 0 Å². The Labute approximate surface area is 156 Å². The molecular weight excluding hydrogens is 386 g/mol. The van der Waals surface area contributed by atoms with Crippen molar-refractivity contribution in [2.45, 2.75) is 20.0 Å². The van der Waals surface area contributed by atoms with Gasteiger partial charge in [-0.15, -0.1) is 0 Å². The van der Waals surface area contributed by atoms with Crippen LogP contribution in [0.4, 0.5) is 0 Å². The van der Waals surface area contributed by atoms with Crippen molar-refractivity contribution in [2.24, 2.45) is 0 Å². The molecule has 0 saturated carbocycles. The van der Waals surface area contributed by atoms with Crippen LogP contribution in [0, 0.1) is 0 Å². The van der Waals surface area contributed by atoms with Gasteiger partial charge < -0.3 is 17.9 Å². The molecule has 0 unspecified atom stereocenters. The summed E-state index contributed by atoms with van der Waals surface area (Å²) in [6, 6.07) is 6.89. The van der Waals surface area contributed by atoms with Gasteiger partial charge in [-0.05, 0) is 38.1 Å². The molecule has 0 aliphatic heterocycles. The number of rotatable bonds is 4.